The third-order valence-corrected chi connectivity index (χ3v) is 5.57. The molecule has 1 saturated heterocycles. The maximum atomic E-state index is 11.8. The summed E-state index contributed by atoms with van der Waals surface area (Å²) in [5, 5.41) is 15.4. The molecule has 1 N–H and O–H groups in total. The van der Waals surface area contributed by atoms with Crippen LogP contribution in [0.5, 0.6) is 0 Å². The third-order valence-electron chi connectivity index (χ3n) is 4.63. The summed E-state index contributed by atoms with van der Waals surface area (Å²) in [5.74, 6) is 0.517. The molecule has 3 heterocycles. The number of benzene rings is 1. The summed E-state index contributed by atoms with van der Waals surface area (Å²) in [6.07, 6.45) is 1.36. The average Bonchev–Trinajstić information content (AvgIpc) is 3.06. The number of hydrogen-bond acceptors (Lipinski definition) is 9. The van der Waals surface area contributed by atoms with E-state index < -0.39 is 4.92 Å². The molecule has 0 bridgehead atoms. The summed E-state index contributed by atoms with van der Waals surface area (Å²) in [6, 6.07) is 5.94. The second-order valence-corrected chi connectivity index (χ2v) is 7.54. The van der Waals surface area contributed by atoms with E-state index in [0.717, 1.165) is 28.9 Å². The molecule has 1 fully saturated rings. The van der Waals surface area contributed by atoms with Gasteiger partial charge >= 0.3 is 5.69 Å². The first-order chi connectivity index (χ1) is 13.0. The zero-order chi connectivity index (χ0) is 19.0. The maximum Gasteiger partial charge on any atom is 0.353 e. The fourth-order valence-electron chi connectivity index (χ4n) is 3.12. The van der Waals surface area contributed by atoms with E-state index in [-0.39, 0.29) is 11.5 Å². The number of nitrogens with one attached hydrogen (secondary N) is 1. The van der Waals surface area contributed by atoms with Gasteiger partial charge in [-0.15, -0.1) is 0 Å². The summed E-state index contributed by atoms with van der Waals surface area (Å²) < 4.78 is 1.02. The van der Waals surface area contributed by atoms with E-state index in [9.17, 15) is 10.1 Å². The van der Waals surface area contributed by atoms with Crippen LogP contribution < -0.4 is 10.2 Å². The van der Waals surface area contributed by atoms with E-state index in [1.54, 1.807) is 0 Å². The highest BCUT2D eigenvalue weighted by Crippen LogP contribution is 2.36. The number of nitrogens with zero attached hydrogens (tertiary/aromatic N) is 6. The van der Waals surface area contributed by atoms with Gasteiger partial charge in [0.1, 0.15) is 6.33 Å². The number of anilines is 3. The van der Waals surface area contributed by atoms with Crippen LogP contribution in [0.15, 0.2) is 24.5 Å². The number of thiazole rings is 1. The predicted octanol–water partition coefficient (Wildman–Crippen LogP) is 2.80. The molecule has 0 aliphatic carbocycles. The summed E-state index contributed by atoms with van der Waals surface area (Å²) in [6.45, 7) is 5.04. The number of hydrogen-bond donors (Lipinski definition) is 1. The van der Waals surface area contributed by atoms with Crippen molar-refractivity contribution in [2.45, 2.75) is 6.92 Å². The Kier molecular flexibility index (Phi) is 4.58. The van der Waals surface area contributed by atoms with Crippen molar-refractivity contribution < 1.29 is 4.92 Å². The molecule has 0 spiro atoms. The van der Waals surface area contributed by atoms with Crippen LogP contribution in [0.2, 0.25) is 0 Å². The molecule has 140 valence electrons. The zero-order valence-corrected chi connectivity index (χ0v) is 15.9. The number of aromatic nitrogens is 3. The van der Waals surface area contributed by atoms with E-state index >= 15 is 0 Å². The van der Waals surface area contributed by atoms with Crippen molar-refractivity contribution in [2.24, 2.45) is 0 Å². The largest absolute Gasteiger partial charge is 0.353 e. The second kappa shape index (κ2) is 7.05. The van der Waals surface area contributed by atoms with Crippen LogP contribution in [0.4, 0.5) is 22.5 Å². The zero-order valence-electron chi connectivity index (χ0n) is 15.0. The van der Waals surface area contributed by atoms with Gasteiger partial charge in [0, 0.05) is 26.2 Å². The number of nitro groups is 1. The molecule has 0 amide bonds. The van der Waals surface area contributed by atoms with Crippen molar-refractivity contribution in [3.05, 3.63) is 40.2 Å². The maximum absolute atomic E-state index is 11.8. The van der Waals surface area contributed by atoms with E-state index in [2.05, 4.69) is 25.2 Å². The van der Waals surface area contributed by atoms with Crippen LogP contribution in [-0.2, 0) is 0 Å². The molecule has 0 radical (unpaired) electrons. The fourth-order valence-corrected chi connectivity index (χ4v) is 4.06. The quantitative estimate of drug-likeness (QED) is 0.540. The lowest BCUT2D eigenvalue weighted by molar-refractivity contribution is -0.383. The molecule has 1 aromatic carbocycles. The molecule has 3 aromatic rings. The molecule has 0 saturated carbocycles. The van der Waals surface area contributed by atoms with Crippen molar-refractivity contribution >= 4 is 44.0 Å². The minimum absolute atomic E-state index is 0.113. The number of piperazine rings is 1. The Hall–Kier alpha value is -2.85. The van der Waals surface area contributed by atoms with Gasteiger partial charge in [-0.1, -0.05) is 23.5 Å². The van der Waals surface area contributed by atoms with Crippen LogP contribution >= 0.6 is 11.3 Å². The van der Waals surface area contributed by atoms with Gasteiger partial charge in [0.2, 0.25) is 11.6 Å². The molecular formula is C17H19N7O2S. The Balaban J connectivity index is 1.70. The van der Waals surface area contributed by atoms with Gasteiger partial charge in [0.25, 0.3) is 0 Å². The number of fused-ring (bicyclic) bond motifs is 1. The van der Waals surface area contributed by atoms with Gasteiger partial charge in [-0.2, -0.15) is 0 Å². The summed E-state index contributed by atoms with van der Waals surface area (Å²) in [4.78, 5) is 28.4. The minimum Gasteiger partial charge on any atom is -0.348 e. The number of para-hydroxylation sites is 1. The monoisotopic (exact) mass is 385 g/mol. The molecule has 1 aliphatic heterocycles. The molecule has 2 aromatic heterocycles. The molecule has 4 rings (SSSR count). The summed E-state index contributed by atoms with van der Waals surface area (Å²) in [5.41, 5.74) is 1.84. The van der Waals surface area contributed by atoms with Gasteiger partial charge in [0.15, 0.2) is 5.13 Å². The molecule has 10 heteroatoms. The van der Waals surface area contributed by atoms with Gasteiger partial charge in [-0.25, -0.2) is 15.0 Å². The smallest absolute Gasteiger partial charge is 0.348 e. The van der Waals surface area contributed by atoms with E-state index in [1.807, 2.05) is 37.1 Å². The molecule has 0 unspecified atom stereocenters. The normalized spacial score (nSPS) is 15.3. The Morgan fingerprint density at radius 3 is 2.70 bits per heavy atom. The van der Waals surface area contributed by atoms with Gasteiger partial charge in [-0.3, -0.25) is 10.1 Å². The van der Waals surface area contributed by atoms with Gasteiger partial charge in [-0.05, 0) is 25.6 Å². The van der Waals surface area contributed by atoms with Crippen LogP contribution in [0.3, 0.4) is 0 Å². The van der Waals surface area contributed by atoms with Crippen molar-refractivity contribution in [2.75, 3.05) is 43.4 Å². The van der Waals surface area contributed by atoms with E-state index in [1.165, 1.54) is 17.7 Å². The molecule has 27 heavy (non-hydrogen) atoms. The topological polar surface area (TPSA) is 100 Å². The van der Waals surface area contributed by atoms with E-state index in [0.29, 0.717) is 24.0 Å². The van der Waals surface area contributed by atoms with Crippen molar-refractivity contribution in [1.82, 2.24) is 19.9 Å². The Labute approximate surface area is 159 Å². The standard InChI is InChI=1S/C17H19N7O2S/c1-11-4-3-5-12-13(11)20-17(27-12)21-15-14(24(25)26)16(19-10-18-15)23-8-6-22(2)7-9-23/h3-5,10H,6-9H2,1-2H3,(H,18,19,20,21). The Morgan fingerprint density at radius 2 is 2.00 bits per heavy atom. The predicted molar refractivity (Wildman–Crippen MR) is 106 cm³/mol. The second-order valence-electron chi connectivity index (χ2n) is 6.51. The van der Waals surface area contributed by atoms with Crippen molar-refractivity contribution in [3.8, 4) is 0 Å². The minimum atomic E-state index is -0.422. The van der Waals surface area contributed by atoms with Gasteiger partial charge < -0.3 is 15.1 Å². The van der Waals surface area contributed by atoms with Crippen LogP contribution in [0.1, 0.15) is 5.56 Å². The highest BCUT2D eigenvalue weighted by molar-refractivity contribution is 7.22. The first-order valence-electron chi connectivity index (χ1n) is 8.59. The Morgan fingerprint density at radius 1 is 1.22 bits per heavy atom. The first kappa shape index (κ1) is 17.6. The Bertz CT molecular complexity index is 998. The highest BCUT2D eigenvalue weighted by atomic mass is 32.1. The summed E-state index contributed by atoms with van der Waals surface area (Å²) in [7, 11) is 2.04. The summed E-state index contributed by atoms with van der Waals surface area (Å²) >= 11 is 1.44. The molecule has 0 atom stereocenters. The lowest BCUT2D eigenvalue weighted by Crippen LogP contribution is -2.45. The van der Waals surface area contributed by atoms with Crippen LogP contribution in [0.25, 0.3) is 10.2 Å². The van der Waals surface area contributed by atoms with Crippen molar-refractivity contribution in [1.29, 1.82) is 0 Å². The number of rotatable bonds is 4. The SMILES string of the molecule is Cc1cccc2sc(Nc3ncnc(N4CCN(C)CC4)c3[N+](=O)[O-])nc12. The van der Waals surface area contributed by atoms with Crippen LogP contribution in [-0.4, -0.2) is 58.0 Å². The highest BCUT2D eigenvalue weighted by Gasteiger charge is 2.29. The van der Waals surface area contributed by atoms with E-state index in [4.69, 9.17) is 0 Å². The fraction of sp³-hybridized carbons (Fsp3) is 0.353. The molecule has 9 nitrogen and oxygen atoms in total. The van der Waals surface area contributed by atoms with Crippen molar-refractivity contribution in [3.63, 3.8) is 0 Å². The molecule has 1 aliphatic rings. The number of likely N-dealkylation sites (N-methyl/N-ethyl adjacent to an activating group) is 1. The third kappa shape index (κ3) is 3.40. The van der Waals surface area contributed by atoms with Crippen LogP contribution in [0, 0.1) is 17.0 Å². The first-order valence-corrected chi connectivity index (χ1v) is 9.40. The van der Waals surface area contributed by atoms with Gasteiger partial charge in [0.05, 0.1) is 15.1 Å². The molecular weight excluding hydrogens is 366 g/mol. The average molecular weight is 385 g/mol. The lowest BCUT2D eigenvalue weighted by atomic mass is 10.2. The number of aryl methyl sites for hydroxylation is 1. The lowest BCUT2D eigenvalue weighted by Gasteiger charge is -2.32.